The van der Waals surface area contributed by atoms with Crippen molar-refractivity contribution in [1.82, 2.24) is 5.32 Å². The molecule has 1 N–H and O–H groups in total. The molecule has 1 rings (SSSR count). The molecular formula is C15H23ClN2O2. The van der Waals surface area contributed by atoms with Gasteiger partial charge in [0.2, 0.25) is 0 Å². The first-order valence-electron chi connectivity index (χ1n) is 7.15. The van der Waals surface area contributed by atoms with Crippen LogP contribution in [0.25, 0.3) is 0 Å². The van der Waals surface area contributed by atoms with E-state index in [1.165, 1.54) is 12.1 Å². The third kappa shape index (κ3) is 4.76. The molecular weight excluding hydrogens is 276 g/mol. The second-order valence-electron chi connectivity index (χ2n) is 5.18. The molecule has 20 heavy (non-hydrogen) atoms. The fourth-order valence-corrected chi connectivity index (χ4v) is 2.63. The Hall–Kier alpha value is -1.13. The number of non-ortho nitro benzene ring substituents is 1. The van der Waals surface area contributed by atoms with E-state index in [2.05, 4.69) is 26.1 Å². The highest BCUT2D eigenvalue weighted by Gasteiger charge is 2.17. The number of nitro groups is 1. The first-order valence-corrected chi connectivity index (χ1v) is 7.53. The molecule has 0 aromatic heterocycles. The lowest BCUT2D eigenvalue weighted by Gasteiger charge is -2.24. The van der Waals surface area contributed by atoms with Crippen LogP contribution in [0.4, 0.5) is 5.69 Å². The molecule has 0 saturated carbocycles. The van der Waals surface area contributed by atoms with Crippen LogP contribution in [-0.4, -0.2) is 17.5 Å². The maximum Gasteiger partial charge on any atom is 0.270 e. The minimum atomic E-state index is -0.420. The molecule has 112 valence electrons. The molecule has 0 heterocycles. The van der Waals surface area contributed by atoms with Crippen LogP contribution in [0.5, 0.6) is 0 Å². The summed E-state index contributed by atoms with van der Waals surface area (Å²) in [6.45, 7) is 7.52. The summed E-state index contributed by atoms with van der Waals surface area (Å²) < 4.78 is 0. The van der Waals surface area contributed by atoms with Gasteiger partial charge in [-0.1, -0.05) is 38.4 Å². The largest absolute Gasteiger partial charge is 0.314 e. The number of nitrogens with one attached hydrogen (secondary N) is 1. The van der Waals surface area contributed by atoms with Gasteiger partial charge in [0.25, 0.3) is 5.69 Å². The number of benzene rings is 1. The normalized spacial score (nSPS) is 14.0. The Morgan fingerprint density at radius 1 is 1.40 bits per heavy atom. The Labute approximate surface area is 125 Å². The Morgan fingerprint density at radius 3 is 2.60 bits per heavy atom. The van der Waals surface area contributed by atoms with Crippen molar-refractivity contribution in [2.24, 2.45) is 5.92 Å². The molecule has 1 aromatic rings. The van der Waals surface area contributed by atoms with Crippen molar-refractivity contribution in [3.63, 3.8) is 0 Å². The zero-order valence-corrected chi connectivity index (χ0v) is 13.1. The molecule has 0 aliphatic carbocycles. The van der Waals surface area contributed by atoms with Crippen molar-refractivity contribution in [3.8, 4) is 0 Å². The predicted molar refractivity (Wildman–Crippen MR) is 83.3 cm³/mol. The van der Waals surface area contributed by atoms with Crippen molar-refractivity contribution in [3.05, 3.63) is 38.9 Å². The van der Waals surface area contributed by atoms with Gasteiger partial charge in [-0.05, 0) is 37.3 Å². The van der Waals surface area contributed by atoms with Crippen LogP contribution in [-0.2, 0) is 6.42 Å². The van der Waals surface area contributed by atoms with Gasteiger partial charge in [0.05, 0.1) is 9.95 Å². The van der Waals surface area contributed by atoms with Crippen molar-refractivity contribution in [1.29, 1.82) is 0 Å². The Kier molecular flexibility index (Phi) is 6.96. The smallest absolute Gasteiger partial charge is 0.270 e. The van der Waals surface area contributed by atoms with E-state index in [0.717, 1.165) is 31.4 Å². The van der Waals surface area contributed by atoms with Crippen molar-refractivity contribution < 1.29 is 4.92 Å². The second-order valence-corrected chi connectivity index (χ2v) is 5.59. The molecule has 0 amide bonds. The predicted octanol–water partition coefficient (Wildman–Crippen LogP) is 4.21. The van der Waals surface area contributed by atoms with Gasteiger partial charge in [0.15, 0.2) is 0 Å². The molecule has 0 saturated heterocycles. The highest BCUT2D eigenvalue weighted by atomic mass is 35.5. The van der Waals surface area contributed by atoms with E-state index in [1.54, 1.807) is 6.07 Å². The van der Waals surface area contributed by atoms with E-state index >= 15 is 0 Å². The van der Waals surface area contributed by atoms with Crippen LogP contribution in [0, 0.1) is 16.0 Å². The first-order chi connectivity index (χ1) is 9.49. The van der Waals surface area contributed by atoms with Crippen LogP contribution in [0.15, 0.2) is 18.2 Å². The van der Waals surface area contributed by atoms with E-state index in [0.29, 0.717) is 17.0 Å². The number of nitrogens with zero attached hydrogens (tertiary/aromatic N) is 1. The summed E-state index contributed by atoms with van der Waals surface area (Å²) in [5, 5.41) is 14.7. The second kappa shape index (κ2) is 8.22. The SMILES string of the molecule is CCCNC(CC)C(C)Cc1ccc([N+](=O)[O-])cc1Cl. The van der Waals surface area contributed by atoms with Gasteiger partial charge in [-0.25, -0.2) is 0 Å². The van der Waals surface area contributed by atoms with Gasteiger partial charge in [-0.2, -0.15) is 0 Å². The van der Waals surface area contributed by atoms with Gasteiger partial charge in [0, 0.05) is 18.2 Å². The maximum absolute atomic E-state index is 10.7. The Balaban J connectivity index is 2.74. The third-order valence-corrected chi connectivity index (χ3v) is 3.92. The fourth-order valence-electron chi connectivity index (χ4n) is 2.38. The van der Waals surface area contributed by atoms with Gasteiger partial charge in [-0.3, -0.25) is 10.1 Å². The average Bonchev–Trinajstić information content (AvgIpc) is 2.41. The number of hydrogen-bond donors (Lipinski definition) is 1. The summed E-state index contributed by atoms with van der Waals surface area (Å²) in [4.78, 5) is 10.3. The van der Waals surface area contributed by atoms with Gasteiger partial charge >= 0.3 is 0 Å². The summed E-state index contributed by atoms with van der Waals surface area (Å²) in [6.07, 6.45) is 3.00. The Morgan fingerprint density at radius 2 is 2.10 bits per heavy atom. The zero-order valence-electron chi connectivity index (χ0n) is 12.4. The molecule has 0 aliphatic rings. The topological polar surface area (TPSA) is 55.2 Å². The minimum absolute atomic E-state index is 0.0440. The van der Waals surface area contributed by atoms with Crippen molar-refractivity contribution >= 4 is 17.3 Å². The van der Waals surface area contributed by atoms with Crippen LogP contribution >= 0.6 is 11.6 Å². The van der Waals surface area contributed by atoms with E-state index < -0.39 is 4.92 Å². The third-order valence-electron chi connectivity index (χ3n) is 3.57. The van der Waals surface area contributed by atoms with Crippen LogP contribution in [0.1, 0.15) is 39.2 Å². The van der Waals surface area contributed by atoms with Crippen molar-refractivity contribution in [2.45, 2.75) is 46.1 Å². The first kappa shape index (κ1) is 16.9. The van der Waals surface area contributed by atoms with Gasteiger partial charge < -0.3 is 5.32 Å². The number of hydrogen-bond acceptors (Lipinski definition) is 3. The standard InChI is InChI=1S/C15H23ClN2O2/c1-4-8-17-15(5-2)11(3)9-12-6-7-13(18(19)20)10-14(12)16/h6-7,10-11,15,17H,4-5,8-9H2,1-3H3. The quantitative estimate of drug-likeness (QED) is 0.578. The Bertz CT molecular complexity index is 451. The lowest BCUT2D eigenvalue weighted by atomic mass is 9.92. The maximum atomic E-state index is 10.7. The van der Waals surface area contributed by atoms with Crippen molar-refractivity contribution in [2.75, 3.05) is 6.54 Å². The number of halogens is 1. The number of nitro benzene ring substituents is 1. The molecule has 0 radical (unpaired) electrons. The van der Waals surface area contributed by atoms with Gasteiger partial charge in [0.1, 0.15) is 0 Å². The van der Waals surface area contributed by atoms with Crippen LogP contribution in [0.3, 0.4) is 0 Å². The lowest BCUT2D eigenvalue weighted by Crippen LogP contribution is -2.35. The summed E-state index contributed by atoms with van der Waals surface area (Å²) in [5.41, 5.74) is 1.02. The summed E-state index contributed by atoms with van der Waals surface area (Å²) in [6, 6.07) is 5.17. The summed E-state index contributed by atoms with van der Waals surface area (Å²) in [5.74, 6) is 0.436. The molecule has 0 aliphatic heterocycles. The van der Waals surface area contributed by atoms with E-state index in [-0.39, 0.29) is 5.69 Å². The molecule has 0 fully saturated rings. The molecule has 2 unspecified atom stereocenters. The fraction of sp³-hybridized carbons (Fsp3) is 0.600. The van der Waals surface area contributed by atoms with Crippen LogP contribution in [0.2, 0.25) is 5.02 Å². The highest BCUT2D eigenvalue weighted by Crippen LogP contribution is 2.25. The molecule has 0 spiro atoms. The monoisotopic (exact) mass is 298 g/mol. The molecule has 4 nitrogen and oxygen atoms in total. The lowest BCUT2D eigenvalue weighted by molar-refractivity contribution is -0.384. The molecule has 2 atom stereocenters. The average molecular weight is 299 g/mol. The summed E-state index contributed by atoms with van der Waals surface area (Å²) >= 11 is 6.14. The minimum Gasteiger partial charge on any atom is -0.314 e. The molecule has 5 heteroatoms. The summed E-state index contributed by atoms with van der Waals surface area (Å²) in [7, 11) is 0. The molecule has 0 bridgehead atoms. The van der Waals surface area contributed by atoms with E-state index in [1.807, 2.05) is 0 Å². The van der Waals surface area contributed by atoms with E-state index in [9.17, 15) is 10.1 Å². The zero-order chi connectivity index (χ0) is 15.1. The van der Waals surface area contributed by atoms with E-state index in [4.69, 9.17) is 11.6 Å². The molecule has 1 aromatic carbocycles. The van der Waals surface area contributed by atoms with Crippen LogP contribution < -0.4 is 5.32 Å². The van der Waals surface area contributed by atoms with Gasteiger partial charge in [-0.15, -0.1) is 0 Å². The number of rotatable bonds is 8. The highest BCUT2D eigenvalue weighted by molar-refractivity contribution is 6.31.